The fourth-order valence-corrected chi connectivity index (χ4v) is 3.61. The molecule has 32 heavy (non-hydrogen) atoms. The molecular formula is C25H23N3O4. The number of hydrogen-bond donors (Lipinski definition) is 3. The molecule has 2 aromatic carbocycles. The molecule has 2 amide bonds. The Balaban J connectivity index is 1.37. The van der Waals surface area contributed by atoms with E-state index in [1.54, 1.807) is 30.5 Å². The summed E-state index contributed by atoms with van der Waals surface area (Å²) < 4.78 is 5.86. The largest absolute Gasteiger partial charge is 0.465 e. The third-order valence-electron chi connectivity index (χ3n) is 5.10. The van der Waals surface area contributed by atoms with Crippen LogP contribution in [0.2, 0.25) is 0 Å². The fraction of sp³-hybridized carbons (Fsp3) is 0.160. The van der Waals surface area contributed by atoms with E-state index in [2.05, 4.69) is 27.8 Å². The topological polar surface area (TPSA) is 101 Å². The van der Waals surface area contributed by atoms with Gasteiger partial charge in [-0.25, -0.2) is 4.79 Å². The van der Waals surface area contributed by atoms with E-state index in [0.29, 0.717) is 17.2 Å². The lowest BCUT2D eigenvalue weighted by molar-refractivity contribution is -0.111. The zero-order valence-electron chi connectivity index (χ0n) is 17.4. The van der Waals surface area contributed by atoms with Crippen molar-refractivity contribution >= 4 is 23.8 Å². The minimum atomic E-state index is -1.11. The van der Waals surface area contributed by atoms with Crippen LogP contribution in [0.25, 0.3) is 6.08 Å². The number of carboxylic acid groups (broad SMARTS) is 1. The number of hydrogen-bond acceptors (Lipinski definition) is 4. The maximum atomic E-state index is 12.3. The van der Waals surface area contributed by atoms with E-state index in [1.807, 2.05) is 24.3 Å². The van der Waals surface area contributed by atoms with Gasteiger partial charge in [-0.15, -0.1) is 0 Å². The number of carbonyl (C=O) groups excluding carboxylic acids is 1. The van der Waals surface area contributed by atoms with Crippen molar-refractivity contribution in [3.8, 4) is 11.5 Å². The lowest BCUT2D eigenvalue weighted by Gasteiger charge is -2.08. The highest BCUT2D eigenvalue weighted by molar-refractivity contribution is 6.02. The van der Waals surface area contributed by atoms with E-state index in [0.717, 1.165) is 24.1 Å². The van der Waals surface area contributed by atoms with Crippen molar-refractivity contribution in [2.75, 3.05) is 5.32 Å². The number of aromatic nitrogens is 1. The Morgan fingerprint density at radius 1 is 1.03 bits per heavy atom. The summed E-state index contributed by atoms with van der Waals surface area (Å²) in [6.45, 7) is 0.0919. The van der Waals surface area contributed by atoms with Crippen LogP contribution in [-0.2, 0) is 24.2 Å². The summed E-state index contributed by atoms with van der Waals surface area (Å²) in [7, 11) is 0. The molecule has 0 unspecified atom stereocenters. The number of anilines is 1. The average Bonchev–Trinajstić information content (AvgIpc) is 3.25. The average molecular weight is 429 g/mol. The molecule has 7 nitrogen and oxygen atoms in total. The second kappa shape index (κ2) is 9.78. The molecule has 3 aromatic rings. The molecule has 1 aliphatic carbocycles. The lowest BCUT2D eigenvalue weighted by Crippen LogP contribution is -2.20. The SMILES string of the molecule is O=C(O)NCc1cc(Oc2cccc(/C=C/C(=O)Nc3ccc4c(c3)CCC4)c2)ccn1. The van der Waals surface area contributed by atoms with Crippen molar-refractivity contribution < 1.29 is 19.4 Å². The van der Waals surface area contributed by atoms with Crippen LogP contribution in [0.15, 0.2) is 66.9 Å². The lowest BCUT2D eigenvalue weighted by atomic mass is 10.1. The summed E-state index contributed by atoms with van der Waals surface area (Å²) >= 11 is 0. The van der Waals surface area contributed by atoms with E-state index in [-0.39, 0.29) is 12.5 Å². The predicted octanol–water partition coefficient (Wildman–Crippen LogP) is 4.78. The molecule has 0 bridgehead atoms. The normalized spacial score (nSPS) is 12.4. The molecule has 1 aromatic heterocycles. The molecular weight excluding hydrogens is 406 g/mol. The van der Waals surface area contributed by atoms with Gasteiger partial charge in [-0.2, -0.15) is 0 Å². The molecule has 1 aliphatic rings. The number of rotatable bonds is 7. The number of aryl methyl sites for hydroxylation is 2. The van der Waals surface area contributed by atoms with Gasteiger partial charge in [0.15, 0.2) is 0 Å². The molecule has 162 valence electrons. The zero-order valence-corrected chi connectivity index (χ0v) is 17.4. The number of nitrogens with zero attached hydrogens (tertiary/aromatic N) is 1. The summed E-state index contributed by atoms with van der Waals surface area (Å²) in [6.07, 6.45) is 7.02. The monoisotopic (exact) mass is 429 g/mol. The van der Waals surface area contributed by atoms with Gasteiger partial charge in [0.25, 0.3) is 0 Å². The molecule has 7 heteroatoms. The number of amides is 2. The molecule has 0 saturated heterocycles. The standard InChI is InChI=1S/C25H23N3O4/c29-24(28-20-9-8-18-4-2-5-19(18)14-20)10-7-17-3-1-6-22(13-17)32-23-11-12-26-21(15-23)16-27-25(30)31/h1,3,6-15,27H,2,4-5,16H2,(H,28,29)(H,30,31)/b10-7+. The molecule has 0 saturated carbocycles. The van der Waals surface area contributed by atoms with E-state index >= 15 is 0 Å². The van der Waals surface area contributed by atoms with Crippen LogP contribution in [0.5, 0.6) is 11.5 Å². The first-order valence-corrected chi connectivity index (χ1v) is 10.4. The van der Waals surface area contributed by atoms with Crippen LogP contribution in [0.3, 0.4) is 0 Å². The quantitative estimate of drug-likeness (QED) is 0.469. The van der Waals surface area contributed by atoms with Crippen molar-refractivity contribution in [1.82, 2.24) is 10.3 Å². The molecule has 3 N–H and O–H groups in total. The van der Waals surface area contributed by atoms with Crippen molar-refractivity contribution in [3.05, 3.63) is 89.3 Å². The highest BCUT2D eigenvalue weighted by Gasteiger charge is 2.11. The first kappa shape index (κ1) is 21.1. The number of ether oxygens (including phenoxy) is 1. The first-order chi connectivity index (χ1) is 15.5. The van der Waals surface area contributed by atoms with Crippen LogP contribution in [0, 0.1) is 0 Å². The molecule has 0 aliphatic heterocycles. The van der Waals surface area contributed by atoms with Crippen molar-refractivity contribution in [1.29, 1.82) is 0 Å². The third kappa shape index (κ3) is 5.72. The van der Waals surface area contributed by atoms with Gasteiger partial charge in [-0.1, -0.05) is 18.2 Å². The van der Waals surface area contributed by atoms with Gasteiger partial charge in [0.2, 0.25) is 5.91 Å². The van der Waals surface area contributed by atoms with Crippen molar-refractivity contribution in [2.45, 2.75) is 25.8 Å². The van der Waals surface area contributed by atoms with Gasteiger partial charge >= 0.3 is 6.09 Å². The Morgan fingerprint density at radius 2 is 1.88 bits per heavy atom. The van der Waals surface area contributed by atoms with Crippen molar-refractivity contribution in [3.63, 3.8) is 0 Å². The molecule has 0 radical (unpaired) electrons. The summed E-state index contributed by atoms with van der Waals surface area (Å²) in [6, 6.07) is 16.8. The van der Waals surface area contributed by atoms with Gasteiger partial charge in [0, 0.05) is 24.0 Å². The number of pyridine rings is 1. The predicted molar refractivity (Wildman–Crippen MR) is 122 cm³/mol. The third-order valence-corrected chi connectivity index (χ3v) is 5.10. The van der Waals surface area contributed by atoms with Crippen LogP contribution in [0.4, 0.5) is 10.5 Å². The summed E-state index contributed by atoms with van der Waals surface area (Å²) in [5, 5.41) is 13.9. The maximum absolute atomic E-state index is 12.3. The van der Waals surface area contributed by atoms with E-state index in [9.17, 15) is 9.59 Å². The molecule has 0 fully saturated rings. The van der Waals surface area contributed by atoms with Crippen LogP contribution < -0.4 is 15.4 Å². The van der Waals surface area contributed by atoms with Gasteiger partial charge in [-0.3, -0.25) is 9.78 Å². The first-order valence-electron chi connectivity index (χ1n) is 10.4. The highest BCUT2D eigenvalue weighted by atomic mass is 16.5. The summed E-state index contributed by atoms with van der Waals surface area (Å²) in [5.41, 5.74) is 4.85. The smallest absolute Gasteiger partial charge is 0.404 e. The Kier molecular flexibility index (Phi) is 6.46. The minimum Gasteiger partial charge on any atom is -0.465 e. The van der Waals surface area contributed by atoms with Crippen LogP contribution >= 0.6 is 0 Å². The Bertz CT molecular complexity index is 1170. The van der Waals surface area contributed by atoms with E-state index in [4.69, 9.17) is 9.84 Å². The number of nitrogens with one attached hydrogen (secondary N) is 2. The second-order valence-corrected chi connectivity index (χ2v) is 7.48. The van der Waals surface area contributed by atoms with Gasteiger partial charge in [-0.05, 0) is 72.4 Å². The molecule has 0 atom stereocenters. The van der Waals surface area contributed by atoms with Gasteiger partial charge in [0.1, 0.15) is 11.5 Å². The second-order valence-electron chi connectivity index (χ2n) is 7.48. The summed E-state index contributed by atoms with van der Waals surface area (Å²) in [4.78, 5) is 27.1. The number of carbonyl (C=O) groups is 2. The molecule has 4 rings (SSSR count). The Morgan fingerprint density at radius 3 is 2.75 bits per heavy atom. The van der Waals surface area contributed by atoms with E-state index < -0.39 is 6.09 Å². The zero-order chi connectivity index (χ0) is 22.3. The fourth-order valence-electron chi connectivity index (χ4n) is 3.61. The van der Waals surface area contributed by atoms with Gasteiger partial charge < -0.3 is 20.5 Å². The Labute approximate surface area is 185 Å². The van der Waals surface area contributed by atoms with Gasteiger partial charge in [0.05, 0.1) is 12.2 Å². The Hall–Kier alpha value is -4.13. The number of fused-ring (bicyclic) bond motifs is 1. The molecule has 0 spiro atoms. The van der Waals surface area contributed by atoms with Crippen molar-refractivity contribution in [2.24, 2.45) is 0 Å². The van der Waals surface area contributed by atoms with E-state index in [1.165, 1.54) is 23.6 Å². The van der Waals surface area contributed by atoms with Crippen LogP contribution in [-0.4, -0.2) is 22.1 Å². The highest BCUT2D eigenvalue weighted by Crippen LogP contribution is 2.25. The maximum Gasteiger partial charge on any atom is 0.404 e. The summed E-state index contributed by atoms with van der Waals surface area (Å²) in [5.74, 6) is 0.936. The molecule has 1 heterocycles. The minimum absolute atomic E-state index is 0.0919. The number of benzene rings is 2. The van der Waals surface area contributed by atoms with Crippen LogP contribution in [0.1, 0.15) is 28.8 Å².